The predicted molar refractivity (Wildman–Crippen MR) is 81.1 cm³/mol. The van der Waals surface area contributed by atoms with E-state index in [0.29, 0.717) is 19.6 Å². The Morgan fingerprint density at radius 1 is 1.24 bits per heavy atom. The van der Waals surface area contributed by atoms with E-state index in [2.05, 4.69) is 10.6 Å². The van der Waals surface area contributed by atoms with Crippen LogP contribution >= 0.6 is 0 Å². The van der Waals surface area contributed by atoms with Gasteiger partial charge in [-0.1, -0.05) is 0 Å². The maximum absolute atomic E-state index is 11.7. The first-order valence-corrected chi connectivity index (χ1v) is 6.85. The van der Waals surface area contributed by atoms with Gasteiger partial charge in [-0.05, 0) is 37.1 Å². The molecule has 0 unspecified atom stereocenters. The quantitative estimate of drug-likeness (QED) is 0.764. The third-order valence-corrected chi connectivity index (χ3v) is 2.96. The number of urea groups is 1. The Morgan fingerprint density at radius 3 is 2.62 bits per heavy atom. The summed E-state index contributed by atoms with van der Waals surface area (Å²) < 4.78 is 15.5. The molecule has 0 fully saturated rings. The fourth-order valence-electron chi connectivity index (χ4n) is 1.95. The first-order chi connectivity index (χ1) is 10.1. The number of carbonyl (C=O) groups is 1. The van der Waals surface area contributed by atoms with E-state index in [1.54, 1.807) is 21.3 Å². The monoisotopic (exact) mass is 296 g/mol. The molecule has 0 saturated heterocycles. The first-order valence-electron chi connectivity index (χ1n) is 6.85. The minimum Gasteiger partial charge on any atom is -0.497 e. The van der Waals surface area contributed by atoms with Crippen molar-refractivity contribution in [1.29, 1.82) is 0 Å². The number of amides is 2. The smallest absolute Gasteiger partial charge is 0.315 e. The Labute approximate surface area is 125 Å². The number of nitrogens with one attached hydrogen (secondary N) is 2. The fourth-order valence-corrected chi connectivity index (χ4v) is 1.95. The number of rotatable bonds is 8. The maximum atomic E-state index is 11.7. The second-order valence-electron chi connectivity index (χ2n) is 4.68. The van der Waals surface area contributed by atoms with E-state index in [4.69, 9.17) is 14.2 Å². The van der Waals surface area contributed by atoms with Gasteiger partial charge in [0.25, 0.3) is 0 Å². The summed E-state index contributed by atoms with van der Waals surface area (Å²) >= 11 is 0. The maximum Gasteiger partial charge on any atom is 0.315 e. The van der Waals surface area contributed by atoms with Gasteiger partial charge in [0.1, 0.15) is 11.5 Å². The van der Waals surface area contributed by atoms with Crippen LogP contribution in [0.15, 0.2) is 18.2 Å². The average molecular weight is 296 g/mol. The summed E-state index contributed by atoms with van der Waals surface area (Å²) in [6.45, 7) is 2.88. The standard InChI is InChI=1S/C15H24N2O4/c1-11(10-19-2)17-15(18)16-8-7-12-9-13(20-3)5-6-14(12)21-4/h5-6,9,11H,7-8,10H2,1-4H3,(H2,16,17,18)/t11-/m1/s1. The van der Waals surface area contributed by atoms with Gasteiger partial charge in [0.05, 0.1) is 26.9 Å². The highest BCUT2D eigenvalue weighted by atomic mass is 16.5. The molecule has 21 heavy (non-hydrogen) atoms. The van der Waals surface area contributed by atoms with Crippen molar-refractivity contribution < 1.29 is 19.0 Å². The molecule has 0 saturated carbocycles. The van der Waals surface area contributed by atoms with E-state index in [9.17, 15) is 4.79 Å². The van der Waals surface area contributed by atoms with Gasteiger partial charge >= 0.3 is 6.03 Å². The molecular formula is C15H24N2O4. The Morgan fingerprint density at radius 2 is 2.00 bits per heavy atom. The van der Waals surface area contributed by atoms with Crippen LogP contribution < -0.4 is 20.1 Å². The Kier molecular flexibility index (Phi) is 7.39. The van der Waals surface area contributed by atoms with Crippen molar-refractivity contribution in [3.8, 4) is 11.5 Å². The molecule has 1 aromatic rings. The van der Waals surface area contributed by atoms with Gasteiger partial charge in [-0.3, -0.25) is 0 Å². The largest absolute Gasteiger partial charge is 0.497 e. The molecule has 2 N–H and O–H groups in total. The summed E-state index contributed by atoms with van der Waals surface area (Å²) in [6.07, 6.45) is 0.659. The summed E-state index contributed by atoms with van der Waals surface area (Å²) in [6, 6.07) is 5.37. The minimum absolute atomic E-state index is 0.0265. The van der Waals surface area contributed by atoms with Crippen LogP contribution in [0.1, 0.15) is 12.5 Å². The molecule has 0 spiro atoms. The van der Waals surface area contributed by atoms with E-state index >= 15 is 0 Å². The first kappa shape index (κ1) is 17.1. The van der Waals surface area contributed by atoms with Gasteiger partial charge in [-0.2, -0.15) is 0 Å². The van der Waals surface area contributed by atoms with Crippen LogP contribution in [0.25, 0.3) is 0 Å². The van der Waals surface area contributed by atoms with Crippen LogP contribution in [0.2, 0.25) is 0 Å². The van der Waals surface area contributed by atoms with Crippen molar-refractivity contribution in [2.75, 3.05) is 34.5 Å². The zero-order valence-electron chi connectivity index (χ0n) is 13.1. The fraction of sp³-hybridized carbons (Fsp3) is 0.533. The zero-order valence-corrected chi connectivity index (χ0v) is 13.1. The zero-order chi connectivity index (χ0) is 15.7. The van der Waals surface area contributed by atoms with Gasteiger partial charge in [0, 0.05) is 13.7 Å². The van der Waals surface area contributed by atoms with Crippen molar-refractivity contribution in [2.24, 2.45) is 0 Å². The molecule has 0 bridgehead atoms. The number of carbonyl (C=O) groups excluding carboxylic acids is 1. The molecule has 0 aliphatic heterocycles. The average Bonchev–Trinajstić information content (AvgIpc) is 2.47. The molecule has 0 aromatic heterocycles. The molecule has 0 heterocycles. The molecule has 0 radical (unpaired) electrons. The SMILES string of the molecule is COC[C@@H](C)NC(=O)NCCc1cc(OC)ccc1OC. The molecule has 118 valence electrons. The second-order valence-corrected chi connectivity index (χ2v) is 4.68. The van der Waals surface area contributed by atoms with E-state index in [0.717, 1.165) is 17.1 Å². The van der Waals surface area contributed by atoms with Gasteiger partial charge in [-0.15, -0.1) is 0 Å². The van der Waals surface area contributed by atoms with Gasteiger partial charge in [0.15, 0.2) is 0 Å². The third-order valence-electron chi connectivity index (χ3n) is 2.96. The van der Waals surface area contributed by atoms with Gasteiger partial charge in [-0.25, -0.2) is 4.79 Å². The molecule has 0 aliphatic carbocycles. The van der Waals surface area contributed by atoms with E-state index in [-0.39, 0.29) is 12.1 Å². The molecule has 1 atom stereocenters. The topological polar surface area (TPSA) is 68.8 Å². The normalized spacial score (nSPS) is 11.6. The molecule has 0 aliphatic rings. The summed E-state index contributed by atoms with van der Waals surface area (Å²) in [5.41, 5.74) is 0.988. The second kappa shape index (κ2) is 9.07. The molecule has 2 amide bonds. The highest BCUT2D eigenvalue weighted by molar-refractivity contribution is 5.74. The van der Waals surface area contributed by atoms with E-state index in [1.807, 2.05) is 25.1 Å². The van der Waals surface area contributed by atoms with Crippen LogP contribution in [0.5, 0.6) is 11.5 Å². The Balaban J connectivity index is 2.46. The van der Waals surface area contributed by atoms with Crippen molar-refractivity contribution in [1.82, 2.24) is 10.6 Å². The number of benzene rings is 1. The lowest BCUT2D eigenvalue weighted by Gasteiger charge is -2.14. The van der Waals surface area contributed by atoms with Crippen molar-refractivity contribution in [3.05, 3.63) is 23.8 Å². The molecule has 1 rings (SSSR count). The highest BCUT2D eigenvalue weighted by Crippen LogP contribution is 2.23. The van der Waals surface area contributed by atoms with E-state index < -0.39 is 0 Å². The van der Waals surface area contributed by atoms with Crippen LogP contribution in [-0.2, 0) is 11.2 Å². The van der Waals surface area contributed by atoms with Gasteiger partial charge in [0.2, 0.25) is 0 Å². The van der Waals surface area contributed by atoms with Crippen LogP contribution in [0.4, 0.5) is 4.79 Å². The summed E-state index contributed by atoms with van der Waals surface area (Å²) in [7, 11) is 4.84. The van der Waals surface area contributed by atoms with Gasteiger partial charge < -0.3 is 24.8 Å². The Bertz CT molecular complexity index is 451. The predicted octanol–water partition coefficient (Wildman–Crippen LogP) is 1.58. The number of hydrogen-bond acceptors (Lipinski definition) is 4. The van der Waals surface area contributed by atoms with Crippen LogP contribution in [-0.4, -0.2) is 46.6 Å². The molecular weight excluding hydrogens is 272 g/mol. The van der Waals surface area contributed by atoms with Crippen molar-refractivity contribution >= 4 is 6.03 Å². The summed E-state index contributed by atoms with van der Waals surface area (Å²) in [4.78, 5) is 11.7. The number of ether oxygens (including phenoxy) is 3. The lowest BCUT2D eigenvalue weighted by Crippen LogP contribution is -2.43. The summed E-state index contributed by atoms with van der Waals surface area (Å²) in [5.74, 6) is 1.55. The van der Waals surface area contributed by atoms with Crippen molar-refractivity contribution in [3.63, 3.8) is 0 Å². The lowest BCUT2D eigenvalue weighted by atomic mass is 10.1. The number of methoxy groups -OCH3 is 3. The molecule has 1 aromatic carbocycles. The highest BCUT2D eigenvalue weighted by Gasteiger charge is 2.08. The Hall–Kier alpha value is -1.95. The molecule has 6 nitrogen and oxygen atoms in total. The van der Waals surface area contributed by atoms with Crippen molar-refractivity contribution in [2.45, 2.75) is 19.4 Å². The third kappa shape index (κ3) is 5.91. The minimum atomic E-state index is -0.207. The van der Waals surface area contributed by atoms with Crippen LogP contribution in [0, 0.1) is 0 Å². The summed E-state index contributed by atoms with van der Waals surface area (Å²) in [5, 5.41) is 5.59. The number of hydrogen-bond donors (Lipinski definition) is 2. The van der Waals surface area contributed by atoms with Crippen LogP contribution in [0.3, 0.4) is 0 Å². The van der Waals surface area contributed by atoms with E-state index in [1.165, 1.54) is 0 Å². The molecule has 6 heteroatoms. The lowest BCUT2D eigenvalue weighted by molar-refractivity contribution is 0.171.